The highest BCUT2D eigenvalue weighted by molar-refractivity contribution is 7.10. The summed E-state index contributed by atoms with van der Waals surface area (Å²) in [6, 6.07) is 9.43. The van der Waals surface area contributed by atoms with E-state index in [1.807, 2.05) is 43.6 Å². The number of fused-ring (bicyclic) bond motifs is 1. The highest BCUT2D eigenvalue weighted by Gasteiger charge is 2.33. The molecule has 2 aliphatic rings. The molecule has 0 saturated carbocycles. The summed E-state index contributed by atoms with van der Waals surface area (Å²) in [5, 5.41) is 2.03. The summed E-state index contributed by atoms with van der Waals surface area (Å²) in [5.41, 5.74) is 6.27. The van der Waals surface area contributed by atoms with Crippen LogP contribution in [0.2, 0.25) is 0 Å². The molecule has 1 amide bonds. The molecule has 2 N–H and O–H groups in total. The van der Waals surface area contributed by atoms with Crippen molar-refractivity contribution in [2.24, 2.45) is 0 Å². The highest BCUT2D eigenvalue weighted by Crippen LogP contribution is 2.35. The van der Waals surface area contributed by atoms with Crippen LogP contribution >= 0.6 is 11.3 Å². The van der Waals surface area contributed by atoms with E-state index in [0.29, 0.717) is 18.8 Å². The van der Waals surface area contributed by atoms with Gasteiger partial charge in [-0.15, -0.1) is 11.3 Å². The number of likely N-dealkylation sites (N-methyl/N-ethyl adjacent to an activating group) is 1. The van der Waals surface area contributed by atoms with Gasteiger partial charge in [-0.25, -0.2) is 5.43 Å². The van der Waals surface area contributed by atoms with E-state index >= 15 is 0 Å². The van der Waals surface area contributed by atoms with Crippen molar-refractivity contribution in [1.29, 1.82) is 0 Å². The molecule has 0 aliphatic carbocycles. The van der Waals surface area contributed by atoms with Gasteiger partial charge >= 0.3 is 0 Å². The Bertz CT molecular complexity index is 798. The summed E-state index contributed by atoms with van der Waals surface area (Å²) in [4.78, 5) is 15.8. The second-order valence-electron chi connectivity index (χ2n) is 6.74. The Hall–Kier alpha value is -2.29. The van der Waals surface area contributed by atoms with E-state index in [4.69, 9.17) is 14.2 Å². The van der Waals surface area contributed by atoms with Gasteiger partial charge in [-0.1, -0.05) is 6.07 Å². The van der Waals surface area contributed by atoms with Crippen molar-refractivity contribution in [2.75, 3.05) is 20.4 Å². The Labute approximate surface area is 162 Å². The van der Waals surface area contributed by atoms with Gasteiger partial charge in [-0.3, -0.25) is 10.2 Å². The van der Waals surface area contributed by atoms with E-state index in [0.717, 1.165) is 11.5 Å². The fourth-order valence-electron chi connectivity index (χ4n) is 3.21. The van der Waals surface area contributed by atoms with E-state index in [2.05, 4.69) is 16.9 Å². The lowest BCUT2D eigenvalue weighted by atomic mass is 10.1. The predicted octanol–water partition coefficient (Wildman–Crippen LogP) is 2.31. The number of ether oxygens (including phenoxy) is 3. The fourth-order valence-corrected chi connectivity index (χ4v) is 4.04. The van der Waals surface area contributed by atoms with Gasteiger partial charge in [0.2, 0.25) is 12.7 Å². The van der Waals surface area contributed by atoms with Crippen LogP contribution < -0.4 is 25.1 Å². The Morgan fingerprint density at radius 2 is 2.19 bits per heavy atom. The molecule has 1 aromatic heterocycles. The van der Waals surface area contributed by atoms with Crippen LogP contribution in [0.3, 0.4) is 0 Å². The van der Waals surface area contributed by atoms with Gasteiger partial charge in [-0.05, 0) is 36.9 Å². The van der Waals surface area contributed by atoms with Crippen molar-refractivity contribution in [3.05, 3.63) is 40.6 Å². The average Bonchev–Trinajstić information content (AvgIpc) is 3.45. The lowest BCUT2D eigenvalue weighted by Gasteiger charge is -2.26. The minimum Gasteiger partial charge on any atom is -0.492 e. The average molecular weight is 389 g/mol. The molecule has 2 aromatic rings. The highest BCUT2D eigenvalue weighted by atomic mass is 32.1. The molecule has 3 unspecified atom stereocenters. The Kier molecular flexibility index (Phi) is 5.20. The summed E-state index contributed by atoms with van der Waals surface area (Å²) in [6.07, 6.45) is 0.672. The number of nitrogens with zero attached hydrogens (tertiary/aromatic N) is 1. The minimum absolute atomic E-state index is 0.0508. The first kappa shape index (κ1) is 18.1. The van der Waals surface area contributed by atoms with E-state index in [9.17, 15) is 4.79 Å². The number of hydrazine groups is 1. The largest absolute Gasteiger partial charge is 0.492 e. The van der Waals surface area contributed by atoms with Gasteiger partial charge in [-0.2, -0.15) is 0 Å². The smallest absolute Gasteiger partial charge is 0.241 e. The molecule has 144 valence electrons. The number of rotatable bonds is 6. The van der Waals surface area contributed by atoms with Gasteiger partial charge in [0.25, 0.3) is 0 Å². The van der Waals surface area contributed by atoms with E-state index in [1.54, 1.807) is 16.2 Å². The van der Waals surface area contributed by atoms with Gasteiger partial charge in [0, 0.05) is 18.0 Å². The zero-order valence-electron chi connectivity index (χ0n) is 15.3. The van der Waals surface area contributed by atoms with Gasteiger partial charge in [0.1, 0.15) is 18.4 Å². The molecule has 1 fully saturated rings. The van der Waals surface area contributed by atoms with Crippen LogP contribution in [0.5, 0.6) is 17.2 Å². The molecule has 27 heavy (non-hydrogen) atoms. The van der Waals surface area contributed by atoms with Crippen LogP contribution in [-0.4, -0.2) is 43.3 Å². The second-order valence-corrected chi connectivity index (χ2v) is 7.72. The molecule has 7 nitrogen and oxygen atoms in total. The zero-order valence-corrected chi connectivity index (χ0v) is 16.1. The maximum Gasteiger partial charge on any atom is 0.241 e. The first-order valence-electron chi connectivity index (χ1n) is 8.95. The van der Waals surface area contributed by atoms with Crippen molar-refractivity contribution in [2.45, 2.75) is 31.5 Å². The Balaban J connectivity index is 1.29. The maximum absolute atomic E-state index is 12.8. The first-order chi connectivity index (χ1) is 13.1. The van der Waals surface area contributed by atoms with Crippen molar-refractivity contribution in [1.82, 2.24) is 15.8 Å². The number of amides is 1. The third-order valence-corrected chi connectivity index (χ3v) is 6.00. The molecule has 2 aliphatic heterocycles. The van der Waals surface area contributed by atoms with Crippen molar-refractivity contribution in [3.8, 4) is 17.2 Å². The number of carbonyl (C=O) groups is 1. The minimum atomic E-state index is -0.261. The van der Waals surface area contributed by atoms with Crippen molar-refractivity contribution < 1.29 is 19.0 Å². The normalized spacial score (nSPS) is 21.9. The van der Waals surface area contributed by atoms with E-state index in [-0.39, 0.29) is 30.8 Å². The van der Waals surface area contributed by atoms with Gasteiger partial charge < -0.3 is 19.1 Å². The Morgan fingerprint density at radius 1 is 1.33 bits per heavy atom. The molecule has 8 heteroatoms. The number of hydrogen-bond donors (Lipinski definition) is 2. The maximum atomic E-state index is 12.8. The summed E-state index contributed by atoms with van der Waals surface area (Å²) in [5.74, 6) is 2.23. The summed E-state index contributed by atoms with van der Waals surface area (Å²) in [6.45, 7) is 2.75. The van der Waals surface area contributed by atoms with Crippen LogP contribution in [-0.2, 0) is 4.79 Å². The number of carbonyl (C=O) groups excluding carboxylic acids is 1. The van der Waals surface area contributed by atoms with Gasteiger partial charge in [0.15, 0.2) is 11.5 Å². The van der Waals surface area contributed by atoms with Crippen molar-refractivity contribution >= 4 is 17.2 Å². The molecular weight excluding hydrogens is 366 g/mol. The molecule has 4 rings (SSSR count). The lowest BCUT2D eigenvalue weighted by molar-refractivity contribution is -0.133. The monoisotopic (exact) mass is 389 g/mol. The molecule has 0 bridgehead atoms. The SMILES string of the molecule is CC(c1cccs1)N(C)C(=O)C1CC(COc2ccc3c(c2)OCO3)NN1. The van der Waals surface area contributed by atoms with E-state index in [1.165, 1.54) is 4.88 Å². The van der Waals surface area contributed by atoms with Crippen LogP contribution in [0.4, 0.5) is 0 Å². The van der Waals surface area contributed by atoms with Crippen LogP contribution in [0.15, 0.2) is 35.7 Å². The molecular formula is C19H23N3O4S. The standard InChI is InChI=1S/C19H23N3O4S/c1-12(18-4-3-7-27-18)22(2)19(23)15-8-13(20-21-15)10-24-14-5-6-16-17(9-14)26-11-25-16/h3-7,9,12-13,15,20-21H,8,10-11H2,1-2H3. The third kappa shape index (κ3) is 3.87. The first-order valence-corrected chi connectivity index (χ1v) is 9.83. The fraction of sp³-hybridized carbons (Fsp3) is 0.421. The molecule has 1 aromatic carbocycles. The Morgan fingerprint density at radius 3 is 3.00 bits per heavy atom. The number of benzene rings is 1. The summed E-state index contributed by atoms with van der Waals surface area (Å²) in [7, 11) is 1.85. The number of nitrogens with one attached hydrogen (secondary N) is 2. The lowest BCUT2D eigenvalue weighted by Crippen LogP contribution is -2.45. The second kappa shape index (κ2) is 7.75. The molecule has 0 spiro atoms. The van der Waals surface area contributed by atoms with E-state index < -0.39 is 0 Å². The third-order valence-electron chi connectivity index (χ3n) is 4.96. The number of hydrogen-bond acceptors (Lipinski definition) is 7. The summed E-state index contributed by atoms with van der Waals surface area (Å²) < 4.78 is 16.5. The topological polar surface area (TPSA) is 72.1 Å². The molecule has 3 heterocycles. The van der Waals surface area contributed by atoms with Crippen LogP contribution in [0.1, 0.15) is 24.3 Å². The van der Waals surface area contributed by atoms with Gasteiger partial charge in [0.05, 0.1) is 12.1 Å². The van der Waals surface area contributed by atoms with Crippen molar-refractivity contribution in [3.63, 3.8) is 0 Å². The summed E-state index contributed by atoms with van der Waals surface area (Å²) >= 11 is 1.66. The van der Waals surface area contributed by atoms with Crippen LogP contribution in [0.25, 0.3) is 0 Å². The predicted molar refractivity (Wildman–Crippen MR) is 102 cm³/mol. The number of thiophene rings is 1. The molecule has 1 saturated heterocycles. The molecule has 0 radical (unpaired) electrons. The molecule has 3 atom stereocenters. The quantitative estimate of drug-likeness (QED) is 0.790. The zero-order chi connectivity index (χ0) is 18.8. The van der Waals surface area contributed by atoms with Crippen LogP contribution in [0, 0.1) is 0 Å².